The summed E-state index contributed by atoms with van der Waals surface area (Å²) in [4.78, 5) is 0. The van der Waals surface area contributed by atoms with E-state index in [9.17, 15) is 26.3 Å². The van der Waals surface area contributed by atoms with Crippen LogP contribution in [-0.2, 0) is 4.74 Å². The predicted molar refractivity (Wildman–Crippen MR) is 60.0 cm³/mol. The summed E-state index contributed by atoms with van der Waals surface area (Å²) in [6.45, 7) is -2.31. The van der Waals surface area contributed by atoms with E-state index >= 15 is 0 Å². The van der Waals surface area contributed by atoms with Crippen LogP contribution in [0.1, 0.15) is 11.6 Å². The van der Waals surface area contributed by atoms with Gasteiger partial charge < -0.3 is 10.1 Å². The zero-order valence-corrected chi connectivity index (χ0v) is 10.5. The highest BCUT2D eigenvalue weighted by Crippen LogP contribution is 2.35. The van der Waals surface area contributed by atoms with Gasteiger partial charge in [-0.1, -0.05) is 18.2 Å². The molecular formula is C12H13F6NO. The Bertz CT molecular complexity index is 434. The van der Waals surface area contributed by atoms with E-state index in [1.807, 2.05) is 0 Å². The van der Waals surface area contributed by atoms with Gasteiger partial charge in [0, 0.05) is 5.56 Å². The van der Waals surface area contributed by atoms with Crippen LogP contribution in [0.2, 0.25) is 0 Å². The second kappa shape index (κ2) is 6.45. The third-order valence-corrected chi connectivity index (χ3v) is 2.61. The SMILES string of the molecule is CNC(COCC(F)(F)C(F)(F)F)c1ccccc1F. The average molecular weight is 301 g/mol. The van der Waals surface area contributed by atoms with Crippen molar-refractivity contribution in [2.75, 3.05) is 20.3 Å². The number of halogens is 6. The third-order valence-electron chi connectivity index (χ3n) is 2.61. The Morgan fingerprint density at radius 1 is 1.15 bits per heavy atom. The van der Waals surface area contributed by atoms with Crippen LogP contribution in [0.5, 0.6) is 0 Å². The molecule has 0 fully saturated rings. The Hall–Kier alpha value is -1.28. The molecule has 0 spiro atoms. The lowest BCUT2D eigenvalue weighted by molar-refractivity contribution is -0.297. The van der Waals surface area contributed by atoms with Gasteiger partial charge in [0.2, 0.25) is 0 Å². The van der Waals surface area contributed by atoms with Gasteiger partial charge in [-0.05, 0) is 13.1 Å². The molecule has 114 valence electrons. The van der Waals surface area contributed by atoms with Crippen molar-refractivity contribution in [3.05, 3.63) is 35.6 Å². The maximum atomic E-state index is 13.5. The lowest BCUT2D eigenvalue weighted by atomic mass is 10.1. The molecule has 0 radical (unpaired) electrons. The van der Waals surface area contributed by atoms with Crippen LogP contribution >= 0.6 is 0 Å². The standard InChI is InChI=1S/C12H13F6NO/c1-19-10(8-4-2-3-5-9(8)13)6-20-7-11(14,15)12(16,17)18/h2-5,10,19H,6-7H2,1H3. The molecule has 0 amide bonds. The van der Waals surface area contributed by atoms with Crippen LogP contribution in [0.3, 0.4) is 0 Å². The lowest BCUT2D eigenvalue weighted by Crippen LogP contribution is -2.41. The quantitative estimate of drug-likeness (QED) is 0.814. The monoisotopic (exact) mass is 301 g/mol. The number of likely N-dealkylation sites (N-methyl/N-ethyl adjacent to an activating group) is 1. The predicted octanol–water partition coefficient (Wildman–Crippen LogP) is 3.30. The number of benzene rings is 1. The summed E-state index contributed by atoms with van der Waals surface area (Å²) in [5.41, 5.74) is 0.130. The average Bonchev–Trinajstić information content (AvgIpc) is 2.34. The van der Waals surface area contributed by atoms with Crippen molar-refractivity contribution in [2.45, 2.75) is 18.1 Å². The molecule has 0 heterocycles. The summed E-state index contributed by atoms with van der Waals surface area (Å²) in [5.74, 6) is -5.53. The van der Waals surface area contributed by atoms with Crippen molar-refractivity contribution in [3.63, 3.8) is 0 Å². The largest absolute Gasteiger partial charge is 0.455 e. The fourth-order valence-corrected chi connectivity index (χ4v) is 1.47. The highest BCUT2D eigenvalue weighted by Gasteiger charge is 2.57. The Balaban J connectivity index is 2.62. The first-order chi connectivity index (χ1) is 9.19. The van der Waals surface area contributed by atoms with E-state index in [-0.39, 0.29) is 5.56 Å². The minimum atomic E-state index is -5.67. The summed E-state index contributed by atoms with van der Waals surface area (Å²) in [7, 11) is 1.42. The van der Waals surface area contributed by atoms with Crippen LogP contribution in [0.4, 0.5) is 26.3 Å². The number of alkyl halides is 5. The Morgan fingerprint density at radius 3 is 2.25 bits per heavy atom. The molecule has 0 aliphatic carbocycles. The van der Waals surface area contributed by atoms with Crippen LogP contribution in [-0.4, -0.2) is 32.4 Å². The molecule has 0 saturated carbocycles. The molecular weight excluding hydrogens is 288 g/mol. The van der Waals surface area contributed by atoms with Gasteiger partial charge in [-0.3, -0.25) is 0 Å². The van der Waals surface area contributed by atoms with Crippen molar-refractivity contribution in [1.29, 1.82) is 0 Å². The van der Waals surface area contributed by atoms with Crippen molar-refractivity contribution in [1.82, 2.24) is 5.32 Å². The van der Waals surface area contributed by atoms with Crippen molar-refractivity contribution >= 4 is 0 Å². The molecule has 0 aliphatic rings. The topological polar surface area (TPSA) is 21.3 Å². The van der Waals surface area contributed by atoms with Gasteiger partial charge >= 0.3 is 12.1 Å². The minimum absolute atomic E-state index is 0.130. The van der Waals surface area contributed by atoms with Crippen LogP contribution in [0.15, 0.2) is 24.3 Å². The highest BCUT2D eigenvalue weighted by molar-refractivity contribution is 5.21. The first kappa shape index (κ1) is 16.8. The summed E-state index contributed by atoms with van der Waals surface area (Å²) in [5, 5.41) is 2.59. The van der Waals surface area contributed by atoms with Crippen LogP contribution < -0.4 is 5.32 Å². The molecule has 1 N–H and O–H groups in total. The maximum Gasteiger partial charge on any atom is 0.455 e. The highest BCUT2D eigenvalue weighted by atomic mass is 19.4. The van der Waals surface area contributed by atoms with Crippen molar-refractivity contribution in [2.24, 2.45) is 0 Å². The molecule has 1 rings (SSSR count). The number of ether oxygens (including phenoxy) is 1. The van der Waals surface area contributed by atoms with E-state index < -0.39 is 37.2 Å². The molecule has 1 aromatic carbocycles. The van der Waals surface area contributed by atoms with E-state index in [1.165, 1.54) is 25.2 Å². The minimum Gasteiger partial charge on any atom is -0.373 e. The summed E-state index contributed by atoms with van der Waals surface area (Å²) in [6.07, 6.45) is -5.67. The molecule has 1 atom stereocenters. The molecule has 1 aromatic rings. The van der Waals surface area contributed by atoms with Crippen LogP contribution in [0.25, 0.3) is 0 Å². The number of hydrogen-bond donors (Lipinski definition) is 1. The van der Waals surface area contributed by atoms with Crippen LogP contribution in [0, 0.1) is 5.82 Å². The maximum absolute atomic E-state index is 13.5. The Kier molecular flexibility index (Phi) is 5.41. The third kappa shape index (κ3) is 4.11. The van der Waals surface area contributed by atoms with E-state index in [0.717, 1.165) is 6.07 Å². The second-order valence-electron chi connectivity index (χ2n) is 4.08. The van der Waals surface area contributed by atoms with Crippen molar-refractivity contribution < 1.29 is 31.1 Å². The van der Waals surface area contributed by atoms with E-state index in [4.69, 9.17) is 0 Å². The zero-order chi connectivity index (χ0) is 15.4. The van der Waals surface area contributed by atoms with E-state index in [1.54, 1.807) is 0 Å². The van der Waals surface area contributed by atoms with Gasteiger partial charge in [0.1, 0.15) is 12.4 Å². The Labute approximate surface area is 111 Å². The van der Waals surface area contributed by atoms with E-state index in [0.29, 0.717) is 0 Å². The summed E-state index contributed by atoms with van der Waals surface area (Å²) in [6, 6.07) is 4.68. The van der Waals surface area contributed by atoms with Gasteiger partial charge in [0.05, 0.1) is 12.6 Å². The molecule has 0 bridgehead atoms. The summed E-state index contributed by atoms with van der Waals surface area (Å²) < 4.78 is 78.8. The molecule has 2 nitrogen and oxygen atoms in total. The number of rotatable bonds is 6. The smallest absolute Gasteiger partial charge is 0.373 e. The van der Waals surface area contributed by atoms with Crippen molar-refractivity contribution in [3.8, 4) is 0 Å². The molecule has 20 heavy (non-hydrogen) atoms. The zero-order valence-electron chi connectivity index (χ0n) is 10.5. The molecule has 8 heteroatoms. The fourth-order valence-electron chi connectivity index (χ4n) is 1.47. The lowest BCUT2D eigenvalue weighted by Gasteiger charge is -2.22. The summed E-state index contributed by atoms with van der Waals surface area (Å²) >= 11 is 0. The van der Waals surface area contributed by atoms with Gasteiger partial charge in [0.25, 0.3) is 0 Å². The van der Waals surface area contributed by atoms with Gasteiger partial charge in [-0.15, -0.1) is 0 Å². The molecule has 0 aromatic heterocycles. The first-order valence-corrected chi connectivity index (χ1v) is 5.63. The number of nitrogens with one attached hydrogen (secondary N) is 1. The van der Waals surface area contributed by atoms with E-state index in [2.05, 4.69) is 10.1 Å². The van der Waals surface area contributed by atoms with Gasteiger partial charge in [-0.2, -0.15) is 22.0 Å². The molecule has 0 saturated heterocycles. The Morgan fingerprint density at radius 2 is 1.75 bits per heavy atom. The normalized spacial score (nSPS) is 14.3. The molecule has 1 unspecified atom stereocenters. The second-order valence-corrected chi connectivity index (χ2v) is 4.08. The van der Waals surface area contributed by atoms with Gasteiger partial charge in [0.15, 0.2) is 0 Å². The molecule has 0 aliphatic heterocycles. The van der Waals surface area contributed by atoms with Gasteiger partial charge in [-0.25, -0.2) is 4.39 Å². The number of hydrogen-bond acceptors (Lipinski definition) is 2. The fraction of sp³-hybridized carbons (Fsp3) is 0.500. The first-order valence-electron chi connectivity index (χ1n) is 5.63.